The maximum Gasteiger partial charge on any atom is 0.243 e. The summed E-state index contributed by atoms with van der Waals surface area (Å²) in [6.07, 6.45) is 6.57. The number of fused-ring (bicyclic) bond motifs is 2. The number of aryl methyl sites for hydroxylation is 2. The van der Waals surface area contributed by atoms with Crippen LogP contribution in [0.1, 0.15) is 95.8 Å². The monoisotopic (exact) mass is 1100 g/mol. The zero-order chi connectivity index (χ0) is 56.4. The van der Waals surface area contributed by atoms with Crippen molar-refractivity contribution in [3.05, 3.63) is 148 Å². The summed E-state index contributed by atoms with van der Waals surface area (Å²) in [5.74, 6) is 0.534. The standard InChI is InChI=1S/C63H72N14O5/c1-73-56-20-14-40(25-51(56)69-71-73)33-67-60(78)58-27-42(23-39-12-18-50(82-3)19-13-39)37-76(58)63(81)54-31-49(36-66-54)75-22-8-7-11-55(75)46-17-16-45(47(29-46)32-64)24-43-28-59(61(79)68-34-41-15-21-57-52(26-41)70-72-74(57)2)77(38-43)62(80)53-30-48(35-65-53)44-9-5-4-6-10-44/h4-6,9-10,12-21,25-26,29,42-43,48-49,53-55,58-59,65-66H,7-8,11,22-24,27-28,30-31,33-38H2,1-3H3,(H,67,78)(H,68,79). The SMILES string of the molecule is COc1ccc(CC2CC(C(=O)NCc3ccc4c(c3)nnn4C)N(C(=O)C3CC(N4CCCCC4c4ccc(CC5CC(C(=O)NCc6ccc7c(c6)nnn7C)N(C(=O)C6CC(c7ccccc7)CN6)C5)c(C#N)c4)CN3)C2)cc1. The van der Waals surface area contributed by atoms with Gasteiger partial charge in [-0.1, -0.05) is 83.6 Å². The minimum Gasteiger partial charge on any atom is -0.497 e. The van der Waals surface area contributed by atoms with Crippen molar-refractivity contribution in [3.63, 3.8) is 0 Å². The van der Waals surface area contributed by atoms with Crippen LogP contribution in [-0.2, 0) is 59.2 Å². The molecule has 424 valence electrons. The predicted octanol–water partition coefficient (Wildman–Crippen LogP) is 5.39. The van der Waals surface area contributed by atoms with Gasteiger partial charge in [0.25, 0.3) is 0 Å². The Labute approximate surface area is 477 Å². The number of ether oxygens (including phenoxy) is 1. The van der Waals surface area contributed by atoms with Gasteiger partial charge in [0.1, 0.15) is 28.9 Å². The van der Waals surface area contributed by atoms with Gasteiger partial charge in [-0.05, 0) is 152 Å². The fourth-order valence-electron chi connectivity index (χ4n) is 13.8. The smallest absolute Gasteiger partial charge is 0.243 e. The Bertz CT molecular complexity index is 3520. The van der Waals surface area contributed by atoms with E-state index in [-0.39, 0.29) is 60.0 Å². The molecule has 9 atom stereocenters. The summed E-state index contributed by atoms with van der Waals surface area (Å²) in [5, 5.41) is 40.9. The lowest BCUT2D eigenvalue weighted by molar-refractivity contribution is -0.140. The molecule has 82 heavy (non-hydrogen) atoms. The molecular weight excluding hydrogens is 1030 g/mol. The number of carbonyl (C=O) groups excluding carboxylic acids is 4. The fourth-order valence-corrected chi connectivity index (χ4v) is 13.8. The number of benzene rings is 5. The summed E-state index contributed by atoms with van der Waals surface area (Å²) in [6, 6.07) is 36.8. The van der Waals surface area contributed by atoms with Gasteiger partial charge < -0.3 is 35.8 Å². The molecule has 0 radical (unpaired) electrons. The second kappa shape index (κ2) is 23.8. The lowest BCUT2D eigenvalue weighted by Gasteiger charge is -2.40. The van der Waals surface area contributed by atoms with Gasteiger partial charge in [-0.15, -0.1) is 10.2 Å². The van der Waals surface area contributed by atoms with Gasteiger partial charge >= 0.3 is 0 Å². The van der Waals surface area contributed by atoms with Crippen LogP contribution in [0.15, 0.2) is 109 Å². The number of aromatic nitrogens is 6. The molecule has 7 aromatic rings. The summed E-state index contributed by atoms with van der Waals surface area (Å²) < 4.78 is 8.84. The van der Waals surface area contributed by atoms with Crippen LogP contribution in [0, 0.1) is 23.2 Å². The molecule has 5 aromatic carbocycles. The minimum absolute atomic E-state index is 0.0476. The van der Waals surface area contributed by atoms with E-state index in [9.17, 15) is 24.4 Å². The maximum absolute atomic E-state index is 14.8. The molecule has 0 saturated carbocycles. The minimum atomic E-state index is -0.668. The number of methoxy groups -OCH3 is 1. The first-order valence-corrected chi connectivity index (χ1v) is 29.1. The van der Waals surface area contributed by atoms with Crippen LogP contribution >= 0.6 is 0 Å². The van der Waals surface area contributed by atoms with Crippen molar-refractivity contribution >= 4 is 45.7 Å². The van der Waals surface area contributed by atoms with Crippen LogP contribution in [0.2, 0.25) is 0 Å². The number of nitriles is 1. The molecule has 5 saturated heterocycles. The summed E-state index contributed by atoms with van der Waals surface area (Å²) in [6.45, 7) is 3.66. The van der Waals surface area contributed by atoms with Crippen molar-refractivity contribution in [2.24, 2.45) is 25.9 Å². The van der Waals surface area contributed by atoms with Crippen molar-refractivity contribution in [1.29, 1.82) is 5.26 Å². The Morgan fingerprint density at radius 1 is 0.659 bits per heavy atom. The molecule has 19 heteroatoms. The lowest BCUT2D eigenvalue weighted by Crippen LogP contribution is -2.51. The van der Waals surface area contributed by atoms with E-state index in [2.05, 4.69) is 89.3 Å². The highest BCUT2D eigenvalue weighted by Crippen LogP contribution is 2.38. The summed E-state index contributed by atoms with van der Waals surface area (Å²) >= 11 is 0. The van der Waals surface area contributed by atoms with E-state index in [4.69, 9.17) is 4.74 Å². The quantitative estimate of drug-likeness (QED) is 0.0956. The van der Waals surface area contributed by atoms with Crippen molar-refractivity contribution < 1.29 is 23.9 Å². The van der Waals surface area contributed by atoms with Crippen LogP contribution in [0.3, 0.4) is 0 Å². The molecule has 2 aromatic heterocycles. The first-order chi connectivity index (χ1) is 40.0. The van der Waals surface area contributed by atoms with Crippen LogP contribution in [0.25, 0.3) is 22.1 Å². The third kappa shape index (κ3) is 11.4. The lowest BCUT2D eigenvalue weighted by atomic mass is 9.88. The molecular formula is C63H72N14O5. The Hall–Kier alpha value is -8.05. The molecule has 5 aliphatic rings. The zero-order valence-corrected chi connectivity index (χ0v) is 46.9. The molecule has 19 nitrogen and oxygen atoms in total. The van der Waals surface area contributed by atoms with Gasteiger partial charge in [0.2, 0.25) is 23.6 Å². The third-order valence-corrected chi connectivity index (χ3v) is 18.2. The number of hydrogen-bond acceptors (Lipinski definition) is 13. The number of nitrogens with zero attached hydrogens (tertiary/aromatic N) is 10. The second-order valence-corrected chi connectivity index (χ2v) is 23.4. The molecule has 4 amide bonds. The number of piperidine rings is 1. The van der Waals surface area contributed by atoms with Crippen LogP contribution in [0.5, 0.6) is 5.75 Å². The van der Waals surface area contributed by atoms with Crippen LogP contribution < -0.4 is 26.0 Å². The highest BCUT2D eigenvalue weighted by Gasteiger charge is 2.46. The normalized spacial score (nSPS) is 24.7. The molecule has 5 fully saturated rings. The van der Waals surface area contributed by atoms with Crippen molar-refractivity contribution in [3.8, 4) is 11.8 Å². The van der Waals surface area contributed by atoms with E-state index < -0.39 is 24.2 Å². The zero-order valence-electron chi connectivity index (χ0n) is 46.9. The van der Waals surface area contributed by atoms with Gasteiger partial charge in [-0.25, -0.2) is 9.36 Å². The van der Waals surface area contributed by atoms with E-state index >= 15 is 0 Å². The number of nitrogens with one attached hydrogen (secondary N) is 4. The number of amides is 4. The molecule has 0 aliphatic carbocycles. The van der Waals surface area contributed by atoms with Crippen LogP contribution in [-0.4, -0.2) is 138 Å². The summed E-state index contributed by atoms with van der Waals surface area (Å²) in [5.41, 5.74) is 10.0. The first-order valence-electron chi connectivity index (χ1n) is 29.1. The van der Waals surface area contributed by atoms with Crippen molar-refractivity contribution in [1.82, 2.24) is 66.0 Å². The first kappa shape index (κ1) is 54.5. The van der Waals surface area contributed by atoms with Crippen molar-refractivity contribution in [2.45, 2.75) is 113 Å². The van der Waals surface area contributed by atoms with Crippen LogP contribution in [0.4, 0.5) is 0 Å². The van der Waals surface area contributed by atoms with E-state index in [1.807, 2.05) is 91.8 Å². The number of hydrogen-bond donors (Lipinski definition) is 4. The largest absolute Gasteiger partial charge is 0.497 e. The molecule has 9 unspecified atom stereocenters. The highest BCUT2D eigenvalue weighted by atomic mass is 16.5. The van der Waals surface area contributed by atoms with Crippen molar-refractivity contribution in [2.75, 3.05) is 39.8 Å². The van der Waals surface area contributed by atoms with Gasteiger partial charge in [-0.2, -0.15) is 5.26 Å². The van der Waals surface area contributed by atoms with E-state index in [0.29, 0.717) is 70.4 Å². The topological polar surface area (TPSA) is 221 Å². The Balaban J connectivity index is 0.718. The highest BCUT2D eigenvalue weighted by molar-refractivity contribution is 5.92. The van der Waals surface area contributed by atoms with Gasteiger partial charge in [0.05, 0.1) is 41.9 Å². The van der Waals surface area contributed by atoms with Gasteiger partial charge in [0, 0.05) is 65.4 Å². The number of carbonyl (C=O) groups is 4. The summed E-state index contributed by atoms with van der Waals surface area (Å²) in [4.78, 5) is 64.0. The molecule has 0 bridgehead atoms. The molecule has 0 spiro atoms. The Morgan fingerprint density at radius 2 is 1.26 bits per heavy atom. The molecule has 5 aliphatic heterocycles. The fraction of sp³-hybridized carbons (Fsp3) is 0.444. The predicted molar refractivity (Wildman–Crippen MR) is 309 cm³/mol. The molecule has 12 rings (SSSR count). The average Bonchev–Trinajstić information content (AvgIpc) is 4.59. The Kier molecular flexibility index (Phi) is 15.8. The maximum atomic E-state index is 14.8. The van der Waals surface area contributed by atoms with E-state index in [1.54, 1.807) is 21.4 Å². The Morgan fingerprint density at radius 3 is 1.88 bits per heavy atom. The summed E-state index contributed by atoms with van der Waals surface area (Å²) in [7, 11) is 5.34. The number of rotatable bonds is 16. The average molecular weight is 1110 g/mol. The van der Waals surface area contributed by atoms with Gasteiger partial charge in [-0.3, -0.25) is 24.1 Å². The molecule has 4 N–H and O–H groups in total. The second-order valence-electron chi connectivity index (χ2n) is 23.4. The van der Waals surface area contributed by atoms with Gasteiger partial charge in [0.15, 0.2) is 0 Å². The van der Waals surface area contributed by atoms with E-state index in [1.165, 1.54) is 5.56 Å². The molecule has 7 heterocycles. The number of likely N-dealkylation sites (tertiary alicyclic amines) is 3. The van der Waals surface area contributed by atoms with E-state index in [0.717, 1.165) is 87.9 Å². The third-order valence-electron chi connectivity index (χ3n) is 18.2.